The van der Waals surface area contributed by atoms with Crippen molar-refractivity contribution in [1.29, 1.82) is 0 Å². The van der Waals surface area contributed by atoms with Crippen molar-refractivity contribution in [1.82, 2.24) is 19.7 Å². The van der Waals surface area contributed by atoms with Crippen molar-refractivity contribution in [2.75, 3.05) is 7.11 Å². The maximum absolute atomic E-state index is 12.2. The minimum atomic E-state index is -3.70. The molecule has 1 N–H and O–H groups in total. The van der Waals surface area contributed by atoms with Crippen LogP contribution in [0.5, 0.6) is 5.75 Å². The van der Waals surface area contributed by atoms with Crippen LogP contribution in [0.25, 0.3) is 0 Å². The van der Waals surface area contributed by atoms with Crippen LogP contribution in [0.4, 0.5) is 0 Å². The average molecular weight is 361 g/mol. The van der Waals surface area contributed by atoms with Crippen molar-refractivity contribution in [2.45, 2.75) is 11.6 Å². The third-order valence-corrected chi connectivity index (χ3v) is 4.88. The van der Waals surface area contributed by atoms with Gasteiger partial charge in [0.2, 0.25) is 5.03 Å². The number of benzene rings is 1. The highest BCUT2D eigenvalue weighted by molar-refractivity contribution is 9.10. The average Bonchev–Trinajstić information content (AvgIpc) is 2.77. The van der Waals surface area contributed by atoms with Gasteiger partial charge < -0.3 is 4.74 Å². The molecular weight excluding hydrogens is 348 g/mol. The molecule has 0 aliphatic heterocycles. The molecule has 0 aliphatic rings. The minimum Gasteiger partial charge on any atom is -0.497 e. The van der Waals surface area contributed by atoms with Gasteiger partial charge in [-0.05, 0) is 33.6 Å². The van der Waals surface area contributed by atoms with Crippen molar-refractivity contribution in [3.8, 4) is 5.75 Å². The summed E-state index contributed by atoms with van der Waals surface area (Å²) in [5.74, 6) is 0.671. The lowest BCUT2D eigenvalue weighted by molar-refractivity contribution is 0.414. The number of nitrogens with one attached hydrogen (secondary N) is 1. The lowest BCUT2D eigenvalue weighted by Crippen LogP contribution is -2.25. The molecule has 0 saturated heterocycles. The molecule has 20 heavy (non-hydrogen) atoms. The normalized spacial score (nSPS) is 11.6. The highest BCUT2D eigenvalue weighted by atomic mass is 79.9. The molecule has 0 bridgehead atoms. The molecule has 0 unspecified atom stereocenters. The second-order valence-corrected chi connectivity index (χ2v) is 6.42. The molecule has 1 aromatic heterocycles. The zero-order valence-electron chi connectivity index (χ0n) is 10.9. The standard InChI is InChI=1S/C11H13BrN4O3S/c1-16-11(10(12)14-15-16)20(17,18)13-7-8-4-3-5-9(6-8)19-2/h3-6,13H,7H2,1-2H3. The predicted molar refractivity (Wildman–Crippen MR) is 75.7 cm³/mol. The number of hydrogen-bond donors (Lipinski definition) is 1. The first kappa shape index (κ1) is 14.9. The molecular formula is C11H13BrN4O3S. The van der Waals surface area contributed by atoms with Gasteiger partial charge in [-0.25, -0.2) is 17.8 Å². The maximum Gasteiger partial charge on any atom is 0.260 e. The van der Waals surface area contributed by atoms with Crippen molar-refractivity contribution in [3.63, 3.8) is 0 Å². The van der Waals surface area contributed by atoms with Gasteiger partial charge in [-0.1, -0.05) is 17.3 Å². The van der Waals surface area contributed by atoms with Gasteiger partial charge in [0.05, 0.1) is 7.11 Å². The molecule has 0 aliphatic carbocycles. The van der Waals surface area contributed by atoms with E-state index in [0.29, 0.717) is 5.75 Å². The number of ether oxygens (including phenoxy) is 1. The summed E-state index contributed by atoms with van der Waals surface area (Å²) < 4.78 is 33.3. The van der Waals surface area contributed by atoms with Gasteiger partial charge in [-0.2, -0.15) is 0 Å². The van der Waals surface area contributed by atoms with Crippen LogP contribution in [0.3, 0.4) is 0 Å². The number of halogens is 1. The highest BCUT2D eigenvalue weighted by Gasteiger charge is 2.23. The lowest BCUT2D eigenvalue weighted by Gasteiger charge is -2.08. The second kappa shape index (κ2) is 5.90. The third-order valence-electron chi connectivity index (χ3n) is 2.59. The first-order valence-electron chi connectivity index (χ1n) is 5.62. The van der Waals surface area contributed by atoms with Crippen LogP contribution in [-0.4, -0.2) is 30.5 Å². The van der Waals surface area contributed by atoms with Crippen LogP contribution in [0.1, 0.15) is 5.56 Å². The Balaban J connectivity index is 2.17. The quantitative estimate of drug-likeness (QED) is 0.861. The van der Waals surface area contributed by atoms with Crippen molar-refractivity contribution < 1.29 is 13.2 Å². The van der Waals surface area contributed by atoms with E-state index in [9.17, 15) is 8.42 Å². The Morgan fingerprint density at radius 3 is 2.80 bits per heavy atom. The van der Waals surface area contributed by atoms with E-state index in [1.54, 1.807) is 25.3 Å². The lowest BCUT2D eigenvalue weighted by atomic mass is 10.2. The van der Waals surface area contributed by atoms with Gasteiger partial charge in [-0.3, -0.25) is 0 Å². The molecule has 1 heterocycles. The summed E-state index contributed by atoms with van der Waals surface area (Å²) in [4.78, 5) is 0. The Morgan fingerprint density at radius 2 is 2.20 bits per heavy atom. The van der Waals surface area contributed by atoms with Crippen LogP contribution in [-0.2, 0) is 23.6 Å². The van der Waals surface area contributed by atoms with E-state index < -0.39 is 10.0 Å². The van der Waals surface area contributed by atoms with E-state index in [1.807, 2.05) is 6.07 Å². The SMILES string of the molecule is COc1cccc(CNS(=O)(=O)c2c(Br)nnn2C)c1. The fraction of sp³-hybridized carbons (Fsp3) is 0.273. The Morgan fingerprint density at radius 1 is 1.45 bits per heavy atom. The predicted octanol–water partition coefficient (Wildman–Crippen LogP) is 1.06. The Hall–Kier alpha value is -1.45. The molecule has 2 aromatic rings. The summed E-state index contributed by atoms with van der Waals surface area (Å²) in [5.41, 5.74) is 0.791. The fourth-order valence-corrected chi connectivity index (χ4v) is 3.74. The van der Waals surface area contributed by atoms with Crippen LogP contribution in [0.2, 0.25) is 0 Å². The van der Waals surface area contributed by atoms with Gasteiger partial charge in [0.1, 0.15) is 5.75 Å². The van der Waals surface area contributed by atoms with E-state index in [-0.39, 0.29) is 16.2 Å². The number of aryl methyl sites for hydroxylation is 1. The number of aromatic nitrogens is 3. The van der Waals surface area contributed by atoms with Crippen molar-refractivity contribution in [3.05, 3.63) is 34.4 Å². The molecule has 1 aromatic carbocycles. The minimum absolute atomic E-state index is 0.0135. The van der Waals surface area contributed by atoms with E-state index in [1.165, 1.54) is 11.7 Å². The van der Waals surface area contributed by atoms with Crippen LogP contribution in [0, 0.1) is 0 Å². The first-order chi connectivity index (χ1) is 9.44. The Kier molecular flexibility index (Phi) is 4.41. The van der Waals surface area contributed by atoms with Gasteiger partial charge in [0, 0.05) is 13.6 Å². The number of hydrogen-bond acceptors (Lipinski definition) is 5. The zero-order chi connectivity index (χ0) is 14.8. The van der Waals surface area contributed by atoms with Gasteiger partial charge in [0.25, 0.3) is 10.0 Å². The zero-order valence-corrected chi connectivity index (χ0v) is 13.3. The molecule has 0 saturated carbocycles. The number of rotatable bonds is 5. The summed E-state index contributed by atoms with van der Waals surface area (Å²) in [6.07, 6.45) is 0. The third kappa shape index (κ3) is 3.17. The largest absolute Gasteiger partial charge is 0.497 e. The molecule has 108 valence electrons. The van der Waals surface area contributed by atoms with Crippen LogP contribution >= 0.6 is 15.9 Å². The molecule has 7 nitrogen and oxygen atoms in total. The van der Waals surface area contributed by atoms with Crippen molar-refractivity contribution in [2.24, 2.45) is 7.05 Å². The summed E-state index contributed by atoms with van der Waals surface area (Å²) in [6.45, 7) is 0.150. The summed E-state index contributed by atoms with van der Waals surface area (Å²) in [5, 5.41) is 7.29. The molecule has 0 radical (unpaired) electrons. The van der Waals surface area contributed by atoms with E-state index in [0.717, 1.165) is 5.56 Å². The van der Waals surface area contributed by atoms with Crippen molar-refractivity contribution >= 4 is 26.0 Å². The first-order valence-corrected chi connectivity index (χ1v) is 7.89. The molecule has 2 rings (SSSR count). The maximum atomic E-state index is 12.2. The van der Waals surface area contributed by atoms with E-state index >= 15 is 0 Å². The highest BCUT2D eigenvalue weighted by Crippen LogP contribution is 2.18. The number of nitrogens with zero attached hydrogens (tertiary/aromatic N) is 3. The Bertz CT molecular complexity index is 695. The van der Waals surface area contributed by atoms with Gasteiger partial charge in [0.15, 0.2) is 4.60 Å². The topological polar surface area (TPSA) is 86.1 Å². The van der Waals surface area contributed by atoms with Gasteiger partial charge >= 0.3 is 0 Å². The van der Waals surface area contributed by atoms with Gasteiger partial charge in [-0.15, -0.1) is 5.10 Å². The number of methoxy groups -OCH3 is 1. The summed E-state index contributed by atoms with van der Waals surface area (Å²) in [7, 11) is -0.627. The molecule has 0 atom stereocenters. The van der Waals surface area contributed by atoms with Crippen LogP contribution in [0.15, 0.2) is 33.9 Å². The van der Waals surface area contributed by atoms with Crippen LogP contribution < -0.4 is 9.46 Å². The molecule has 0 amide bonds. The fourth-order valence-electron chi connectivity index (χ4n) is 1.64. The molecule has 0 spiro atoms. The monoisotopic (exact) mass is 360 g/mol. The second-order valence-electron chi connectivity index (χ2n) is 3.99. The smallest absolute Gasteiger partial charge is 0.260 e. The Labute approximate surface area is 125 Å². The molecule has 0 fully saturated rings. The van der Waals surface area contributed by atoms with E-state index in [4.69, 9.17) is 4.74 Å². The summed E-state index contributed by atoms with van der Waals surface area (Å²) >= 11 is 3.07. The van der Waals surface area contributed by atoms with E-state index in [2.05, 4.69) is 31.0 Å². The number of sulfonamides is 1. The summed E-state index contributed by atoms with van der Waals surface area (Å²) in [6, 6.07) is 7.16. The molecule has 9 heteroatoms.